The average molecular weight is 475 g/mol. The SMILES string of the molecule is CCc1cccc(C)c1Nc1cc(-c2cccc(OC(F)(F)F)c2)nc(N[C@@H](CO)C(C)C)n1. The number of nitrogens with one attached hydrogen (secondary N) is 2. The molecule has 0 saturated carbocycles. The highest BCUT2D eigenvalue weighted by Gasteiger charge is 2.31. The first-order chi connectivity index (χ1) is 16.1. The lowest BCUT2D eigenvalue weighted by Gasteiger charge is -2.21. The van der Waals surface area contributed by atoms with Gasteiger partial charge in [0.25, 0.3) is 0 Å². The van der Waals surface area contributed by atoms with Gasteiger partial charge in [0.1, 0.15) is 11.6 Å². The summed E-state index contributed by atoms with van der Waals surface area (Å²) >= 11 is 0. The molecule has 0 aliphatic heterocycles. The van der Waals surface area contributed by atoms with Crippen LogP contribution in [-0.2, 0) is 6.42 Å². The molecule has 2 aromatic carbocycles. The van der Waals surface area contributed by atoms with Crippen molar-refractivity contribution >= 4 is 17.5 Å². The van der Waals surface area contributed by atoms with Gasteiger partial charge in [0.15, 0.2) is 0 Å². The van der Waals surface area contributed by atoms with E-state index in [0.717, 1.165) is 23.2 Å². The Morgan fingerprint density at radius 2 is 1.79 bits per heavy atom. The van der Waals surface area contributed by atoms with Crippen molar-refractivity contribution in [2.45, 2.75) is 46.5 Å². The third-order valence-corrected chi connectivity index (χ3v) is 5.40. The zero-order chi connectivity index (χ0) is 24.9. The largest absolute Gasteiger partial charge is 0.573 e. The number of benzene rings is 2. The van der Waals surface area contributed by atoms with Crippen molar-refractivity contribution in [2.75, 3.05) is 17.2 Å². The van der Waals surface area contributed by atoms with Crippen LogP contribution < -0.4 is 15.4 Å². The molecule has 0 saturated heterocycles. The normalized spacial score (nSPS) is 12.5. The van der Waals surface area contributed by atoms with Crippen LogP contribution in [0.1, 0.15) is 31.9 Å². The number of alkyl halides is 3. The highest BCUT2D eigenvalue weighted by Crippen LogP contribution is 2.31. The van der Waals surface area contributed by atoms with E-state index in [1.54, 1.807) is 12.1 Å². The van der Waals surface area contributed by atoms with Gasteiger partial charge in [-0.05, 0) is 42.5 Å². The van der Waals surface area contributed by atoms with Crippen molar-refractivity contribution < 1.29 is 23.0 Å². The maximum absolute atomic E-state index is 12.7. The van der Waals surface area contributed by atoms with Gasteiger partial charge in [-0.15, -0.1) is 13.2 Å². The predicted molar refractivity (Wildman–Crippen MR) is 127 cm³/mol. The Kier molecular flexibility index (Phi) is 7.98. The van der Waals surface area contributed by atoms with E-state index in [4.69, 9.17) is 0 Å². The first kappa shape index (κ1) is 25.3. The molecule has 3 rings (SSSR count). The predicted octanol–water partition coefficient (Wildman–Crippen LogP) is 6.09. The van der Waals surface area contributed by atoms with Crippen LogP contribution in [0.15, 0.2) is 48.5 Å². The van der Waals surface area contributed by atoms with Crippen LogP contribution in [0.5, 0.6) is 5.75 Å². The molecule has 0 aliphatic carbocycles. The van der Waals surface area contributed by atoms with E-state index in [9.17, 15) is 18.3 Å². The van der Waals surface area contributed by atoms with Crippen LogP contribution in [0.4, 0.5) is 30.6 Å². The Bertz CT molecular complexity index is 1120. The molecule has 0 radical (unpaired) electrons. The third-order valence-electron chi connectivity index (χ3n) is 5.40. The molecule has 0 aliphatic rings. The van der Waals surface area contributed by atoms with E-state index < -0.39 is 6.36 Å². The summed E-state index contributed by atoms with van der Waals surface area (Å²) in [5.41, 5.74) is 3.88. The first-order valence-corrected chi connectivity index (χ1v) is 11.1. The standard InChI is InChI=1S/C25H29F3N4O2/c1-5-17-9-6-8-16(4)23(17)31-22-13-20(29-24(32-22)30-21(14-33)15(2)3)18-10-7-11-19(12-18)34-25(26,27)28/h6-13,15,21,33H,5,14H2,1-4H3,(H2,29,30,31,32)/t21-/m0/s1. The summed E-state index contributed by atoms with van der Waals surface area (Å²) < 4.78 is 42.2. The smallest absolute Gasteiger partial charge is 0.406 e. The molecular weight excluding hydrogens is 445 g/mol. The maximum atomic E-state index is 12.7. The number of hydrogen-bond acceptors (Lipinski definition) is 6. The molecule has 3 N–H and O–H groups in total. The number of aliphatic hydroxyl groups is 1. The van der Waals surface area contributed by atoms with Crippen LogP contribution in [0.3, 0.4) is 0 Å². The van der Waals surface area contributed by atoms with Crippen molar-refractivity contribution in [3.05, 3.63) is 59.7 Å². The number of aryl methyl sites for hydroxylation is 2. The summed E-state index contributed by atoms with van der Waals surface area (Å²) in [5, 5.41) is 16.2. The van der Waals surface area contributed by atoms with Gasteiger partial charge < -0.3 is 20.5 Å². The van der Waals surface area contributed by atoms with Crippen LogP contribution in [0.25, 0.3) is 11.3 Å². The molecule has 0 bridgehead atoms. The Morgan fingerprint density at radius 3 is 2.44 bits per heavy atom. The zero-order valence-electron chi connectivity index (χ0n) is 19.6. The van der Waals surface area contributed by atoms with Crippen molar-refractivity contribution in [1.82, 2.24) is 9.97 Å². The molecule has 34 heavy (non-hydrogen) atoms. The van der Waals surface area contributed by atoms with E-state index in [0.29, 0.717) is 17.1 Å². The molecular formula is C25H29F3N4O2. The zero-order valence-corrected chi connectivity index (χ0v) is 19.6. The molecule has 6 nitrogen and oxygen atoms in total. The van der Waals surface area contributed by atoms with Crippen LogP contribution >= 0.6 is 0 Å². The second kappa shape index (κ2) is 10.7. The van der Waals surface area contributed by atoms with Gasteiger partial charge in [-0.1, -0.05) is 51.1 Å². The fourth-order valence-corrected chi connectivity index (χ4v) is 3.50. The lowest BCUT2D eigenvalue weighted by atomic mass is 10.1. The molecule has 1 heterocycles. The van der Waals surface area contributed by atoms with Crippen molar-refractivity contribution in [2.24, 2.45) is 5.92 Å². The number of rotatable bonds is 9. The van der Waals surface area contributed by atoms with Crippen LogP contribution in [-0.4, -0.2) is 34.1 Å². The van der Waals surface area contributed by atoms with E-state index in [1.807, 2.05) is 39.0 Å². The highest BCUT2D eigenvalue weighted by molar-refractivity contribution is 5.71. The van der Waals surface area contributed by atoms with Gasteiger partial charge in [0, 0.05) is 17.3 Å². The third kappa shape index (κ3) is 6.60. The number of para-hydroxylation sites is 1. The molecule has 0 amide bonds. The van der Waals surface area contributed by atoms with Crippen LogP contribution in [0, 0.1) is 12.8 Å². The van der Waals surface area contributed by atoms with Gasteiger partial charge in [-0.2, -0.15) is 4.98 Å². The van der Waals surface area contributed by atoms with E-state index >= 15 is 0 Å². The van der Waals surface area contributed by atoms with Crippen molar-refractivity contribution in [3.8, 4) is 17.0 Å². The Balaban J connectivity index is 2.06. The topological polar surface area (TPSA) is 79.3 Å². The lowest BCUT2D eigenvalue weighted by molar-refractivity contribution is -0.274. The highest BCUT2D eigenvalue weighted by atomic mass is 19.4. The van der Waals surface area contributed by atoms with Gasteiger partial charge in [-0.25, -0.2) is 4.98 Å². The minimum absolute atomic E-state index is 0.0974. The molecule has 9 heteroatoms. The summed E-state index contributed by atoms with van der Waals surface area (Å²) in [7, 11) is 0. The minimum atomic E-state index is -4.79. The number of aliphatic hydroxyl groups excluding tert-OH is 1. The van der Waals surface area contributed by atoms with Crippen molar-refractivity contribution in [3.63, 3.8) is 0 Å². The molecule has 0 spiro atoms. The Morgan fingerprint density at radius 1 is 1.06 bits per heavy atom. The van der Waals surface area contributed by atoms with Gasteiger partial charge in [0.05, 0.1) is 18.3 Å². The summed E-state index contributed by atoms with van der Waals surface area (Å²) in [6, 6.07) is 13.0. The second-order valence-corrected chi connectivity index (χ2v) is 8.30. The Labute approximate surface area is 197 Å². The number of ether oxygens (including phenoxy) is 1. The average Bonchev–Trinajstić information content (AvgIpc) is 2.77. The molecule has 1 atom stereocenters. The van der Waals surface area contributed by atoms with Crippen LogP contribution in [0.2, 0.25) is 0 Å². The fraction of sp³-hybridized carbons (Fsp3) is 0.360. The minimum Gasteiger partial charge on any atom is -0.406 e. The van der Waals surface area contributed by atoms with Gasteiger partial charge in [-0.3, -0.25) is 0 Å². The molecule has 1 aromatic heterocycles. The first-order valence-electron chi connectivity index (χ1n) is 11.1. The summed E-state index contributed by atoms with van der Waals surface area (Å²) in [6.45, 7) is 7.83. The summed E-state index contributed by atoms with van der Waals surface area (Å²) in [4.78, 5) is 9.07. The quantitative estimate of drug-likeness (QED) is 0.349. The number of aromatic nitrogens is 2. The van der Waals surface area contributed by atoms with E-state index in [2.05, 4.69) is 32.3 Å². The maximum Gasteiger partial charge on any atom is 0.573 e. The molecule has 182 valence electrons. The molecule has 0 unspecified atom stereocenters. The number of hydrogen-bond donors (Lipinski definition) is 3. The van der Waals surface area contributed by atoms with E-state index in [1.165, 1.54) is 18.2 Å². The van der Waals surface area contributed by atoms with Crippen molar-refractivity contribution in [1.29, 1.82) is 0 Å². The summed E-state index contributed by atoms with van der Waals surface area (Å²) in [6.07, 6.45) is -3.99. The fourth-order valence-electron chi connectivity index (χ4n) is 3.50. The Hall–Kier alpha value is -3.33. The van der Waals surface area contributed by atoms with Gasteiger partial charge >= 0.3 is 6.36 Å². The summed E-state index contributed by atoms with van der Waals surface area (Å²) in [5.74, 6) is 0.482. The molecule has 0 fully saturated rings. The molecule has 3 aromatic rings. The second-order valence-electron chi connectivity index (χ2n) is 8.30. The van der Waals surface area contributed by atoms with Gasteiger partial charge in [0.2, 0.25) is 5.95 Å². The lowest BCUT2D eigenvalue weighted by Crippen LogP contribution is -2.30. The number of halogens is 3. The number of anilines is 3. The number of nitrogens with zero attached hydrogens (tertiary/aromatic N) is 2. The van der Waals surface area contributed by atoms with E-state index in [-0.39, 0.29) is 30.3 Å². The monoisotopic (exact) mass is 474 g/mol.